The molecular weight excluding hydrogens is 202 g/mol. The number of alkyl halides is 1. The number of halogens is 1. The van der Waals surface area contributed by atoms with E-state index < -0.39 is 5.97 Å². The summed E-state index contributed by atoms with van der Waals surface area (Å²) in [7, 11) is 0. The van der Waals surface area contributed by atoms with Crippen molar-refractivity contribution in [3.8, 4) is 0 Å². The minimum Gasteiger partial charge on any atom is -0.477 e. The number of carbonyl (C=O) groups is 1. The topological polar surface area (TPSA) is 58.9 Å². The predicted octanol–water partition coefficient (Wildman–Crippen LogP) is 0.611. The molecule has 0 saturated heterocycles. The molecule has 0 aromatic carbocycles. The van der Waals surface area contributed by atoms with E-state index >= 15 is 0 Å². The van der Waals surface area contributed by atoms with Gasteiger partial charge in [-0.1, -0.05) is 21.1 Å². The van der Waals surface area contributed by atoms with Gasteiger partial charge in [0.15, 0.2) is 5.71 Å². The van der Waals surface area contributed by atoms with E-state index in [-0.39, 0.29) is 11.8 Å². The molecule has 0 spiro atoms. The van der Waals surface area contributed by atoms with Gasteiger partial charge in [0, 0.05) is 11.8 Å². The number of nitrogens with zero attached hydrogens (tertiary/aromatic N) is 1. The van der Waals surface area contributed by atoms with Crippen molar-refractivity contribution in [3.63, 3.8) is 0 Å². The van der Waals surface area contributed by atoms with Crippen LogP contribution in [0.4, 0.5) is 0 Å². The highest BCUT2D eigenvalue weighted by molar-refractivity contribution is 9.09. The highest BCUT2D eigenvalue weighted by atomic mass is 79.9. The summed E-state index contributed by atoms with van der Waals surface area (Å²) in [6.45, 7) is 0. The number of rotatable bonds is 2. The van der Waals surface area contributed by atoms with E-state index in [4.69, 9.17) is 9.94 Å². The second kappa shape index (κ2) is 3.01. The molecule has 1 N–H and O–H groups in total. The van der Waals surface area contributed by atoms with Crippen LogP contribution in [0.25, 0.3) is 0 Å². The van der Waals surface area contributed by atoms with Gasteiger partial charge in [-0.05, 0) is 0 Å². The van der Waals surface area contributed by atoms with Crippen molar-refractivity contribution >= 4 is 27.6 Å². The molecule has 0 aliphatic carbocycles. The summed E-state index contributed by atoms with van der Waals surface area (Å²) in [6.07, 6.45) is 0.284. The summed E-state index contributed by atoms with van der Waals surface area (Å²) < 4.78 is 0. The standard InChI is InChI=1S/C5H6BrNO3/c6-2-3-1-4(5(8)9)7-10-3/h3H,1-2H2,(H,8,9). The molecule has 0 amide bonds. The van der Waals surface area contributed by atoms with Crippen molar-refractivity contribution < 1.29 is 14.7 Å². The van der Waals surface area contributed by atoms with E-state index in [0.29, 0.717) is 11.8 Å². The van der Waals surface area contributed by atoms with E-state index in [2.05, 4.69) is 21.1 Å². The summed E-state index contributed by atoms with van der Waals surface area (Å²) in [5, 5.41) is 12.4. The van der Waals surface area contributed by atoms with Gasteiger partial charge >= 0.3 is 5.97 Å². The van der Waals surface area contributed by atoms with Gasteiger partial charge in [0.05, 0.1) is 0 Å². The molecule has 1 unspecified atom stereocenters. The minimum absolute atomic E-state index is 0.101. The molecule has 0 saturated carbocycles. The lowest BCUT2D eigenvalue weighted by molar-refractivity contribution is -0.129. The maximum absolute atomic E-state index is 10.2. The first-order valence-corrected chi connectivity index (χ1v) is 3.88. The molecule has 0 bridgehead atoms. The third-order valence-electron chi connectivity index (χ3n) is 1.15. The summed E-state index contributed by atoms with van der Waals surface area (Å²) in [5.41, 5.74) is 0.101. The Morgan fingerprint density at radius 3 is 3.00 bits per heavy atom. The van der Waals surface area contributed by atoms with Crippen LogP contribution in [0.3, 0.4) is 0 Å². The van der Waals surface area contributed by atoms with Crippen molar-refractivity contribution in [2.24, 2.45) is 5.16 Å². The Morgan fingerprint density at radius 1 is 2.00 bits per heavy atom. The summed E-state index contributed by atoms with van der Waals surface area (Å²) in [5.74, 6) is -0.997. The van der Waals surface area contributed by atoms with Gasteiger partial charge in [0.2, 0.25) is 0 Å². The Balaban J connectivity index is 2.47. The molecule has 0 aromatic rings. The van der Waals surface area contributed by atoms with Crippen LogP contribution in [0.1, 0.15) is 6.42 Å². The van der Waals surface area contributed by atoms with E-state index in [0.717, 1.165) is 0 Å². The normalized spacial score (nSPS) is 23.7. The van der Waals surface area contributed by atoms with Crippen LogP contribution >= 0.6 is 15.9 Å². The fourth-order valence-corrected chi connectivity index (χ4v) is 0.985. The predicted molar refractivity (Wildman–Crippen MR) is 38.4 cm³/mol. The first-order valence-electron chi connectivity index (χ1n) is 2.76. The van der Waals surface area contributed by atoms with Crippen LogP contribution in [0.2, 0.25) is 0 Å². The van der Waals surface area contributed by atoms with Crippen LogP contribution in [-0.2, 0) is 9.63 Å². The van der Waals surface area contributed by atoms with Crippen LogP contribution in [-0.4, -0.2) is 28.2 Å². The summed E-state index contributed by atoms with van der Waals surface area (Å²) in [4.78, 5) is 15.0. The molecule has 10 heavy (non-hydrogen) atoms. The van der Waals surface area contributed by atoms with Crippen LogP contribution in [0.15, 0.2) is 5.16 Å². The van der Waals surface area contributed by atoms with Crippen molar-refractivity contribution in [1.82, 2.24) is 0 Å². The molecule has 0 fully saturated rings. The van der Waals surface area contributed by atoms with Gasteiger partial charge in [-0.15, -0.1) is 0 Å². The first-order chi connectivity index (χ1) is 4.74. The number of carboxylic acids is 1. The second-order valence-electron chi connectivity index (χ2n) is 1.93. The fraction of sp³-hybridized carbons (Fsp3) is 0.600. The van der Waals surface area contributed by atoms with Crippen LogP contribution in [0.5, 0.6) is 0 Å². The van der Waals surface area contributed by atoms with Crippen LogP contribution in [0, 0.1) is 0 Å². The molecule has 1 aliphatic rings. The Hall–Kier alpha value is -0.580. The largest absolute Gasteiger partial charge is 0.477 e. The van der Waals surface area contributed by atoms with Crippen molar-refractivity contribution in [2.45, 2.75) is 12.5 Å². The number of aliphatic carboxylic acids is 1. The van der Waals surface area contributed by atoms with Gasteiger partial charge in [-0.25, -0.2) is 4.79 Å². The highest BCUT2D eigenvalue weighted by Crippen LogP contribution is 2.12. The zero-order chi connectivity index (χ0) is 7.56. The van der Waals surface area contributed by atoms with E-state index in [1.807, 2.05) is 0 Å². The average Bonchev–Trinajstić information content (AvgIpc) is 2.34. The summed E-state index contributed by atoms with van der Waals surface area (Å²) >= 11 is 3.16. The summed E-state index contributed by atoms with van der Waals surface area (Å²) in [6, 6.07) is 0. The monoisotopic (exact) mass is 207 g/mol. The zero-order valence-corrected chi connectivity index (χ0v) is 6.67. The van der Waals surface area contributed by atoms with E-state index in [1.165, 1.54) is 0 Å². The molecule has 56 valence electrons. The van der Waals surface area contributed by atoms with Gasteiger partial charge < -0.3 is 9.94 Å². The zero-order valence-electron chi connectivity index (χ0n) is 5.08. The average molecular weight is 208 g/mol. The molecule has 1 heterocycles. The van der Waals surface area contributed by atoms with Gasteiger partial charge in [-0.3, -0.25) is 0 Å². The number of carboxylic acid groups (broad SMARTS) is 1. The quantitative estimate of drug-likeness (QED) is 0.676. The van der Waals surface area contributed by atoms with Crippen molar-refractivity contribution in [2.75, 3.05) is 5.33 Å². The smallest absolute Gasteiger partial charge is 0.353 e. The first kappa shape index (κ1) is 7.53. The molecule has 0 radical (unpaired) electrons. The number of hydrogen-bond donors (Lipinski definition) is 1. The Bertz CT molecular complexity index is 180. The number of hydrogen-bond acceptors (Lipinski definition) is 3. The van der Waals surface area contributed by atoms with Gasteiger partial charge in [0.1, 0.15) is 6.10 Å². The van der Waals surface area contributed by atoms with Crippen LogP contribution < -0.4 is 0 Å². The number of oxime groups is 1. The Labute approximate surface area is 66.0 Å². The van der Waals surface area contributed by atoms with E-state index in [1.54, 1.807) is 0 Å². The Morgan fingerprint density at radius 2 is 2.70 bits per heavy atom. The maximum Gasteiger partial charge on any atom is 0.353 e. The lowest BCUT2D eigenvalue weighted by atomic mass is 10.2. The highest BCUT2D eigenvalue weighted by Gasteiger charge is 2.24. The maximum atomic E-state index is 10.2. The fourth-order valence-electron chi connectivity index (χ4n) is 0.637. The van der Waals surface area contributed by atoms with Gasteiger partial charge in [0.25, 0.3) is 0 Å². The Kier molecular flexibility index (Phi) is 2.26. The van der Waals surface area contributed by atoms with Gasteiger partial charge in [-0.2, -0.15) is 0 Å². The molecule has 1 atom stereocenters. The van der Waals surface area contributed by atoms with Crippen molar-refractivity contribution in [1.29, 1.82) is 0 Å². The van der Waals surface area contributed by atoms with E-state index in [9.17, 15) is 4.79 Å². The SMILES string of the molecule is O=C(O)C1=NOC(CBr)C1. The molecule has 1 rings (SSSR count). The molecule has 1 aliphatic heterocycles. The lowest BCUT2D eigenvalue weighted by Gasteiger charge is -1.99. The molecular formula is C5H6BrNO3. The third kappa shape index (κ3) is 1.47. The lowest BCUT2D eigenvalue weighted by Crippen LogP contribution is -2.14. The molecule has 4 nitrogen and oxygen atoms in total. The molecule has 0 aromatic heterocycles. The second-order valence-corrected chi connectivity index (χ2v) is 2.58. The molecule has 5 heteroatoms. The minimum atomic E-state index is -0.997. The van der Waals surface area contributed by atoms with Crippen molar-refractivity contribution in [3.05, 3.63) is 0 Å². The third-order valence-corrected chi connectivity index (χ3v) is 1.87.